The summed E-state index contributed by atoms with van der Waals surface area (Å²) >= 11 is 8.97. The lowest BCUT2D eigenvalue weighted by Crippen LogP contribution is -1.83. The second kappa shape index (κ2) is 3.79. The van der Waals surface area contributed by atoms with Gasteiger partial charge in [-0.15, -0.1) is 24.0 Å². The van der Waals surface area contributed by atoms with Gasteiger partial charge in [0.1, 0.15) is 0 Å². The van der Waals surface area contributed by atoms with Gasteiger partial charge in [0, 0.05) is 30.4 Å². The van der Waals surface area contributed by atoms with Crippen molar-refractivity contribution in [2.24, 2.45) is 0 Å². The van der Waals surface area contributed by atoms with Gasteiger partial charge < -0.3 is 0 Å². The van der Waals surface area contributed by atoms with Gasteiger partial charge in [-0.1, -0.05) is 0 Å². The number of rotatable bonds is 1. The number of halogens is 3. The molecule has 1 heterocycles. The summed E-state index contributed by atoms with van der Waals surface area (Å²) in [6.07, 6.45) is -2.44. The summed E-state index contributed by atoms with van der Waals surface area (Å²) in [6, 6.07) is 2.94. The predicted octanol–water partition coefficient (Wildman–Crippen LogP) is 4.89. The van der Waals surface area contributed by atoms with E-state index in [9.17, 15) is 8.78 Å². The van der Waals surface area contributed by atoms with Crippen LogP contribution in [-0.4, -0.2) is 0 Å². The van der Waals surface area contributed by atoms with Gasteiger partial charge in [0.05, 0.1) is 0 Å². The monoisotopic (exact) mass is 294 g/mol. The first kappa shape index (κ1) is 10.4. The van der Waals surface area contributed by atoms with E-state index >= 15 is 0 Å². The van der Waals surface area contributed by atoms with Crippen molar-refractivity contribution in [3.05, 3.63) is 27.5 Å². The Hall–Kier alpha value is -0.130. The molecule has 1 aromatic heterocycles. The lowest BCUT2D eigenvalue weighted by Gasteiger charge is -2.02. The van der Waals surface area contributed by atoms with Crippen molar-refractivity contribution in [3.63, 3.8) is 0 Å². The van der Waals surface area contributed by atoms with Crippen LogP contribution in [-0.2, 0) is 0 Å². The summed E-state index contributed by atoms with van der Waals surface area (Å²) in [5, 5.41) is 2.62. The van der Waals surface area contributed by atoms with Crippen molar-refractivity contribution in [1.29, 1.82) is 0 Å². The average Bonchev–Trinajstić information content (AvgIpc) is 2.48. The number of benzene rings is 1. The molecule has 0 bridgehead atoms. The summed E-state index contributed by atoms with van der Waals surface area (Å²) in [5.41, 5.74) is 0.0260. The van der Waals surface area contributed by atoms with Crippen LogP contribution < -0.4 is 0 Å². The zero-order chi connectivity index (χ0) is 10.3. The van der Waals surface area contributed by atoms with Gasteiger partial charge in [0.2, 0.25) is 0 Å². The summed E-state index contributed by atoms with van der Waals surface area (Å²) < 4.78 is 26.6. The lowest BCUT2D eigenvalue weighted by molar-refractivity contribution is 0.151. The molecule has 0 saturated heterocycles. The highest BCUT2D eigenvalue weighted by molar-refractivity contribution is 9.10. The van der Waals surface area contributed by atoms with E-state index in [1.165, 1.54) is 23.5 Å². The molecule has 0 atom stereocenters. The van der Waals surface area contributed by atoms with Gasteiger partial charge in [0.25, 0.3) is 6.43 Å². The van der Waals surface area contributed by atoms with Crippen molar-refractivity contribution >= 4 is 50.0 Å². The molecule has 0 aliphatic carbocycles. The quantitative estimate of drug-likeness (QED) is 0.711. The fraction of sp³-hybridized carbons (Fsp3) is 0.111. The Bertz CT molecular complexity index is 479. The first-order valence-electron chi connectivity index (χ1n) is 3.77. The van der Waals surface area contributed by atoms with E-state index in [1.807, 2.05) is 5.38 Å². The molecule has 2 rings (SSSR count). The topological polar surface area (TPSA) is 0 Å². The molecule has 0 fully saturated rings. The molecule has 1 aromatic carbocycles. The summed E-state index contributed by atoms with van der Waals surface area (Å²) in [4.78, 5) is 0.744. The molecule has 0 amide bonds. The number of fused-ring (bicyclic) bond motifs is 1. The summed E-state index contributed by atoms with van der Waals surface area (Å²) in [6.45, 7) is 0. The fourth-order valence-electron chi connectivity index (χ4n) is 1.23. The van der Waals surface area contributed by atoms with Gasteiger partial charge in [-0.25, -0.2) is 8.78 Å². The minimum atomic E-state index is -2.44. The molecule has 0 nitrogen and oxygen atoms in total. The van der Waals surface area contributed by atoms with Gasteiger partial charge in [0.15, 0.2) is 0 Å². The Morgan fingerprint density at radius 3 is 2.71 bits per heavy atom. The van der Waals surface area contributed by atoms with Crippen LogP contribution in [0.15, 0.2) is 26.9 Å². The van der Waals surface area contributed by atoms with E-state index in [0.29, 0.717) is 4.47 Å². The largest absolute Gasteiger partial charge is 0.263 e. The maximum Gasteiger partial charge on any atom is 0.263 e. The van der Waals surface area contributed by atoms with Crippen LogP contribution >= 0.6 is 39.9 Å². The molecule has 0 saturated carbocycles. The van der Waals surface area contributed by atoms with Gasteiger partial charge >= 0.3 is 0 Å². The Balaban J connectivity index is 2.75. The summed E-state index contributed by atoms with van der Waals surface area (Å²) in [5.74, 6) is 0. The Kier molecular flexibility index (Phi) is 2.81. The highest BCUT2D eigenvalue weighted by Crippen LogP contribution is 2.37. The zero-order valence-corrected chi connectivity index (χ0v) is 10.1. The molecule has 74 valence electrons. The molecular weight excluding hydrogens is 290 g/mol. The van der Waals surface area contributed by atoms with Crippen molar-refractivity contribution < 1.29 is 8.78 Å². The summed E-state index contributed by atoms with van der Waals surface area (Å²) in [7, 11) is 0. The number of hydrogen-bond acceptors (Lipinski definition) is 2. The van der Waals surface area contributed by atoms with Gasteiger partial charge in [-0.2, -0.15) is 0 Å². The molecule has 5 heteroatoms. The highest BCUT2D eigenvalue weighted by Gasteiger charge is 2.12. The number of alkyl halides is 2. The van der Waals surface area contributed by atoms with Gasteiger partial charge in [-0.3, -0.25) is 0 Å². The molecule has 2 aromatic rings. The minimum Gasteiger partial charge on any atom is -0.205 e. The van der Waals surface area contributed by atoms with Crippen LogP contribution in [0.5, 0.6) is 0 Å². The first-order valence-corrected chi connectivity index (χ1v) is 5.89. The molecule has 0 unspecified atom stereocenters. The first-order chi connectivity index (χ1) is 6.59. The van der Waals surface area contributed by atoms with Gasteiger partial charge in [-0.05, 0) is 28.1 Å². The third kappa shape index (κ3) is 1.68. The number of thiophene rings is 1. The van der Waals surface area contributed by atoms with Crippen LogP contribution in [0.4, 0.5) is 8.78 Å². The van der Waals surface area contributed by atoms with E-state index in [-0.39, 0.29) is 5.56 Å². The normalized spacial score (nSPS) is 11.5. The van der Waals surface area contributed by atoms with Crippen molar-refractivity contribution in [3.8, 4) is 0 Å². The van der Waals surface area contributed by atoms with Crippen molar-refractivity contribution in [2.75, 3.05) is 0 Å². The highest BCUT2D eigenvalue weighted by atomic mass is 79.9. The van der Waals surface area contributed by atoms with E-state index in [2.05, 4.69) is 28.6 Å². The average molecular weight is 295 g/mol. The molecule has 0 aliphatic heterocycles. The smallest absolute Gasteiger partial charge is 0.205 e. The fourth-order valence-corrected chi connectivity index (χ4v) is 3.22. The standard InChI is InChI=1S/C9H5BrF2S2/c10-6-2-4(9(11)12)1-5-7(13)3-14-8(5)6/h1-3,9,13H. The second-order valence-corrected chi connectivity index (χ2v) is 5.02. The van der Waals surface area contributed by atoms with E-state index in [1.54, 1.807) is 0 Å². The van der Waals surface area contributed by atoms with E-state index in [0.717, 1.165) is 15.0 Å². The molecule has 0 aliphatic rings. The second-order valence-electron chi connectivity index (χ2n) is 2.80. The zero-order valence-electron chi connectivity index (χ0n) is 6.80. The van der Waals surface area contributed by atoms with Crippen LogP contribution in [0.2, 0.25) is 0 Å². The van der Waals surface area contributed by atoms with Crippen LogP contribution in [0.25, 0.3) is 10.1 Å². The third-order valence-corrected chi connectivity index (χ3v) is 4.34. The minimum absolute atomic E-state index is 0.0260. The molecular formula is C9H5BrF2S2. The Morgan fingerprint density at radius 2 is 2.07 bits per heavy atom. The molecule has 14 heavy (non-hydrogen) atoms. The predicted molar refractivity (Wildman–Crippen MR) is 61.7 cm³/mol. The number of hydrogen-bond donors (Lipinski definition) is 1. The van der Waals surface area contributed by atoms with Crippen LogP contribution in [0, 0.1) is 0 Å². The van der Waals surface area contributed by atoms with Crippen LogP contribution in [0.3, 0.4) is 0 Å². The third-order valence-electron chi connectivity index (χ3n) is 1.88. The number of thiol groups is 1. The van der Waals surface area contributed by atoms with E-state index < -0.39 is 6.43 Å². The SMILES string of the molecule is FC(F)c1cc(Br)c2scc(S)c2c1. The molecule has 0 spiro atoms. The Morgan fingerprint density at radius 1 is 1.36 bits per heavy atom. The molecule has 0 radical (unpaired) electrons. The molecule has 0 N–H and O–H groups in total. The van der Waals surface area contributed by atoms with E-state index in [4.69, 9.17) is 0 Å². The van der Waals surface area contributed by atoms with Crippen molar-refractivity contribution in [1.82, 2.24) is 0 Å². The maximum absolute atomic E-state index is 12.5. The lowest BCUT2D eigenvalue weighted by atomic mass is 10.2. The van der Waals surface area contributed by atoms with Crippen LogP contribution in [0.1, 0.15) is 12.0 Å². The maximum atomic E-state index is 12.5. The Labute approximate surface area is 97.5 Å². The van der Waals surface area contributed by atoms with Crippen molar-refractivity contribution in [2.45, 2.75) is 11.3 Å².